The molecule has 2 saturated heterocycles. The van der Waals surface area contributed by atoms with Gasteiger partial charge >= 0.3 is 0 Å². The molecule has 2 aliphatic rings. The zero-order chi connectivity index (χ0) is 18.5. The van der Waals surface area contributed by atoms with Crippen LogP contribution in [0.5, 0.6) is 5.75 Å². The van der Waals surface area contributed by atoms with E-state index in [9.17, 15) is 10.2 Å². The molecule has 26 heavy (non-hydrogen) atoms. The maximum Gasteiger partial charge on any atom is 0.121 e. The third-order valence-corrected chi connectivity index (χ3v) is 6.43. The first-order valence-electron chi connectivity index (χ1n) is 9.39. The molecule has 0 aromatic heterocycles. The summed E-state index contributed by atoms with van der Waals surface area (Å²) in [6.45, 7) is 5.97. The second-order valence-electron chi connectivity index (χ2n) is 8.11. The maximum absolute atomic E-state index is 10.5. The Hall–Kier alpha value is -1.88. The molecule has 0 bridgehead atoms. The molecular formula is C22H28N2O2. The van der Waals surface area contributed by atoms with Crippen molar-refractivity contribution >= 4 is 0 Å². The quantitative estimate of drug-likeness (QED) is 0.795. The summed E-state index contributed by atoms with van der Waals surface area (Å²) in [5.74, 6) is 1.15. The molecule has 0 radical (unpaired) electrons. The fourth-order valence-electron chi connectivity index (χ4n) is 5.17. The molecule has 138 valence electrons. The molecule has 4 heteroatoms. The van der Waals surface area contributed by atoms with Crippen LogP contribution in [-0.4, -0.2) is 41.9 Å². The van der Waals surface area contributed by atoms with E-state index in [4.69, 9.17) is 0 Å². The number of likely N-dealkylation sites (tertiary alicyclic amines) is 1. The summed E-state index contributed by atoms with van der Waals surface area (Å²) < 4.78 is 0. The molecule has 0 aliphatic carbocycles. The number of phenolic OH excluding ortho intramolecular Hbond substituents is 1. The first-order chi connectivity index (χ1) is 12.5. The lowest BCUT2D eigenvalue weighted by Gasteiger charge is -2.35. The Labute approximate surface area is 155 Å². The van der Waals surface area contributed by atoms with Gasteiger partial charge in [0.25, 0.3) is 0 Å². The van der Waals surface area contributed by atoms with Crippen molar-refractivity contribution in [3.05, 3.63) is 64.7 Å². The summed E-state index contributed by atoms with van der Waals surface area (Å²) in [6.07, 6.45) is 0. The Morgan fingerprint density at radius 3 is 2.38 bits per heavy atom. The molecule has 2 aromatic rings. The lowest BCUT2D eigenvalue weighted by atomic mass is 9.76. The molecule has 3 N–H and O–H groups in total. The minimum absolute atomic E-state index is 0.0819. The molecule has 2 fully saturated rings. The Morgan fingerprint density at radius 1 is 1.12 bits per heavy atom. The van der Waals surface area contributed by atoms with Crippen LogP contribution in [0.1, 0.15) is 28.3 Å². The van der Waals surface area contributed by atoms with Crippen molar-refractivity contribution in [2.45, 2.75) is 25.4 Å². The topological polar surface area (TPSA) is 55.7 Å². The summed E-state index contributed by atoms with van der Waals surface area (Å²) in [5.41, 5.74) is 3.75. The van der Waals surface area contributed by atoms with Crippen LogP contribution in [0, 0.1) is 25.7 Å². The highest BCUT2D eigenvalue weighted by Gasteiger charge is 2.56. The largest absolute Gasteiger partial charge is 0.507 e. The lowest BCUT2D eigenvalue weighted by Crippen LogP contribution is -2.47. The molecule has 0 unspecified atom stereocenters. The van der Waals surface area contributed by atoms with Gasteiger partial charge in [0.1, 0.15) is 5.75 Å². The Kier molecular flexibility index (Phi) is 4.30. The Bertz CT molecular complexity index is 784. The van der Waals surface area contributed by atoms with Gasteiger partial charge in [-0.3, -0.25) is 5.32 Å². The first kappa shape index (κ1) is 17.5. The van der Waals surface area contributed by atoms with E-state index in [1.807, 2.05) is 32.0 Å². The normalized spacial score (nSPS) is 31.3. The molecule has 0 spiro atoms. The van der Waals surface area contributed by atoms with Gasteiger partial charge in [-0.1, -0.05) is 42.5 Å². The van der Waals surface area contributed by atoms with Crippen LogP contribution in [0.15, 0.2) is 42.5 Å². The molecule has 2 aliphatic heterocycles. The van der Waals surface area contributed by atoms with Crippen LogP contribution < -0.4 is 5.32 Å². The van der Waals surface area contributed by atoms with Gasteiger partial charge in [0.05, 0.1) is 12.1 Å². The van der Waals surface area contributed by atoms with E-state index in [1.54, 1.807) is 0 Å². The number of aliphatic hydroxyl groups is 1. The smallest absolute Gasteiger partial charge is 0.121 e. The number of nitrogens with zero attached hydrogens (tertiary/aromatic N) is 1. The molecule has 0 saturated carbocycles. The number of rotatable bonds is 3. The fourth-order valence-corrected chi connectivity index (χ4v) is 5.17. The van der Waals surface area contributed by atoms with Crippen molar-refractivity contribution in [3.8, 4) is 5.75 Å². The summed E-state index contributed by atoms with van der Waals surface area (Å²) in [5, 5.41) is 24.5. The van der Waals surface area contributed by atoms with Crippen LogP contribution in [0.25, 0.3) is 0 Å². The van der Waals surface area contributed by atoms with Crippen LogP contribution in [0.3, 0.4) is 0 Å². The van der Waals surface area contributed by atoms with E-state index in [2.05, 4.69) is 41.5 Å². The van der Waals surface area contributed by atoms with Gasteiger partial charge in [-0.05, 0) is 49.1 Å². The third kappa shape index (κ3) is 2.56. The number of aryl methyl sites for hydroxylation is 2. The van der Waals surface area contributed by atoms with Gasteiger partial charge in [0.2, 0.25) is 0 Å². The number of aromatic hydroxyl groups is 1. The zero-order valence-electron chi connectivity index (χ0n) is 15.7. The minimum Gasteiger partial charge on any atom is -0.507 e. The highest BCUT2D eigenvalue weighted by Crippen LogP contribution is 2.51. The van der Waals surface area contributed by atoms with E-state index in [0.29, 0.717) is 17.6 Å². The number of hydrogen-bond donors (Lipinski definition) is 3. The maximum atomic E-state index is 10.5. The van der Waals surface area contributed by atoms with E-state index in [-0.39, 0.29) is 12.6 Å². The van der Waals surface area contributed by atoms with Crippen molar-refractivity contribution in [3.63, 3.8) is 0 Å². The predicted molar refractivity (Wildman–Crippen MR) is 103 cm³/mol. The van der Waals surface area contributed by atoms with E-state index < -0.39 is 5.54 Å². The zero-order valence-corrected chi connectivity index (χ0v) is 15.7. The highest BCUT2D eigenvalue weighted by atomic mass is 16.3. The molecule has 4 atom stereocenters. The molecule has 2 aromatic carbocycles. The summed E-state index contributed by atoms with van der Waals surface area (Å²) in [7, 11) is 2.16. The number of aliphatic hydroxyl groups excluding tert-OH is 1. The third-order valence-electron chi connectivity index (χ3n) is 6.43. The predicted octanol–water partition coefficient (Wildman–Crippen LogP) is 2.72. The standard InChI is InChI=1S/C22H28N2O2/c1-14-9-16(10-15(2)21(14)26)20-18-11-24(3)12-19(18)22(13-25,23-20)17-7-5-4-6-8-17/h4-10,18-20,23,25-26H,11-13H2,1-3H3/t18-,19+,20-,22-/m1/s1. The number of hydrogen-bond acceptors (Lipinski definition) is 4. The van der Waals surface area contributed by atoms with Gasteiger partial charge in [-0.2, -0.15) is 0 Å². The van der Waals surface area contributed by atoms with Crippen molar-refractivity contribution in [2.24, 2.45) is 11.8 Å². The fraction of sp³-hybridized carbons (Fsp3) is 0.455. The monoisotopic (exact) mass is 352 g/mol. The van der Waals surface area contributed by atoms with Crippen LogP contribution in [0.4, 0.5) is 0 Å². The van der Waals surface area contributed by atoms with E-state index >= 15 is 0 Å². The molecule has 2 heterocycles. The number of nitrogens with one attached hydrogen (secondary N) is 1. The number of phenols is 1. The average molecular weight is 352 g/mol. The van der Waals surface area contributed by atoms with E-state index in [0.717, 1.165) is 29.8 Å². The van der Waals surface area contributed by atoms with Gasteiger partial charge in [0.15, 0.2) is 0 Å². The van der Waals surface area contributed by atoms with Gasteiger partial charge in [-0.15, -0.1) is 0 Å². The van der Waals surface area contributed by atoms with Crippen molar-refractivity contribution in [1.82, 2.24) is 10.2 Å². The average Bonchev–Trinajstić information content (AvgIpc) is 3.16. The second-order valence-corrected chi connectivity index (χ2v) is 8.11. The Balaban J connectivity index is 1.81. The molecule has 0 amide bonds. The van der Waals surface area contributed by atoms with Gasteiger partial charge in [-0.25, -0.2) is 0 Å². The summed E-state index contributed by atoms with van der Waals surface area (Å²) in [4.78, 5) is 2.37. The second kappa shape index (κ2) is 6.38. The molecule has 4 nitrogen and oxygen atoms in total. The first-order valence-corrected chi connectivity index (χ1v) is 9.39. The SMILES string of the molecule is Cc1cc([C@H]2N[C@](CO)(c3ccccc3)[C@H]3CN(C)C[C@@H]23)cc(C)c1O. The van der Waals surface area contributed by atoms with Crippen molar-refractivity contribution < 1.29 is 10.2 Å². The minimum atomic E-state index is -0.430. The lowest BCUT2D eigenvalue weighted by molar-refractivity contribution is 0.129. The van der Waals surface area contributed by atoms with Crippen LogP contribution in [0.2, 0.25) is 0 Å². The van der Waals surface area contributed by atoms with Crippen molar-refractivity contribution in [2.75, 3.05) is 26.7 Å². The van der Waals surface area contributed by atoms with Gasteiger partial charge < -0.3 is 15.1 Å². The Morgan fingerprint density at radius 2 is 1.77 bits per heavy atom. The summed E-state index contributed by atoms with van der Waals surface area (Å²) in [6, 6.07) is 14.7. The molecular weight excluding hydrogens is 324 g/mol. The van der Waals surface area contributed by atoms with Crippen molar-refractivity contribution in [1.29, 1.82) is 0 Å². The number of benzene rings is 2. The van der Waals surface area contributed by atoms with Crippen LogP contribution >= 0.6 is 0 Å². The van der Waals surface area contributed by atoms with E-state index in [1.165, 1.54) is 5.56 Å². The van der Waals surface area contributed by atoms with Gasteiger partial charge in [0, 0.05) is 25.0 Å². The summed E-state index contributed by atoms with van der Waals surface area (Å²) >= 11 is 0. The highest BCUT2D eigenvalue weighted by molar-refractivity contribution is 5.44. The number of fused-ring (bicyclic) bond motifs is 1. The molecule has 4 rings (SSSR count). The van der Waals surface area contributed by atoms with Crippen LogP contribution in [-0.2, 0) is 5.54 Å².